The summed E-state index contributed by atoms with van der Waals surface area (Å²) in [7, 11) is 1.67. The summed E-state index contributed by atoms with van der Waals surface area (Å²) < 4.78 is 27.9. The average molecular weight is 480 g/mol. The van der Waals surface area contributed by atoms with Crippen LogP contribution in [0.5, 0.6) is 5.75 Å². The quantitative estimate of drug-likeness (QED) is 0.472. The van der Waals surface area contributed by atoms with Crippen molar-refractivity contribution in [2.24, 2.45) is 0 Å². The van der Waals surface area contributed by atoms with E-state index in [0.29, 0.717) is 35.2 Å². The van der Waals surface area contributed by atoms with Crippen LogP contribution in [0.4, 0.5) is 10.1 Å². The minimum Gasteiger partial charge on any atom is -0.491 e. The lowest BCUT2D eigenvalue weighted by molar-refractivity contribution is 0.0556. The minimum atomic E-state index is -0.288. The Bertz CT molecular complexity index is 1230. The summed E-state index contributed by atoms with van der Waals surface area (Å²) >= 11 is 0. The summed E-state index contributed by atoms with van der Waals surface area (Å²) in [6.07, 6.45) is 6.20. The zero-order chi connectivity index (χ0) is 24.4. The molecule has 3 heterocycles. The first kappa shape index (κ1) is 23.8. The van der Waals surface area contributed by atoms with Gasteiger partial charge in [0.2, 0.25) is 0 Å². The number of anilines is 1. The molecule has 3 aromatic rings. The van der Waals surface area contributed by atoms with Gasteiger partial charge in [0.25, 0.3) is 5.56 Å². The van der Waals surface area contributed by atoms with E-state index in [1.807, 2.05) is 31.2 Å². The highest BCUT2D eigenvalue weighted by Crippen LogP contribution is 2.29. The van der Waals surface area contributed by atoms with Gasteiger partial charge in [0.15, 0.2) is 0 Å². The Kier molecular flexibility index (Phi) is 7.07. The van der Waals surface area contributed by atoms with Crippen LogP contribution in [-0.2, 0) is 4.74 Å². The van der Waals surface area contributed by atoms with Gasteiger partial charge in [0.1, 0.15) is 18.2 Å². The lowest BCUT2D eigenvalue weighted by atomic mass is 10.1. The van der Waals surface area contributed by atoms with Gasteiger partial charge in [-0.2, -0.15) is 0 Å². The van der Waals surface area contributed by atoms with E-state index in [1.165, 1.54) is 23.5 Å². The van der Waals surface area contributed by atoms with Crippen LogP contribution in [0, 0.1) is 5.82 Å². The molecule has 2 unspecified atom stereocenters. The molecular weight excluding hydrogens is 445 g/mol. The third kappa shape index (κ3) is 4.93. The highest BCUT2D eigenvalue weighted by Gasteiger charge is 2.30. The number of ether oxygens (including phenoxy) is 2. The summed E-state index contributed by atoms with van der Waals surface area (Å²) in [4.78, 5) is 17.9. The Morgan fingerprint density at radius 2 is 1.91 bits per heavy atom. The van der Waals surface area contributed by atoms with Crippen molar-refractivity contribution in [3.63, 3.8) is 0 Å². The Balaban J connectivity index is 1.34. The van der Waals surface area contributed by atoms with Crippen LogP contribution in [-0.4, -0.2) is 61.5 Å². The maximum atomic E-state index is 15.2. The van der Waals surface area contributed by atoms with Crippen molar-refractivity contribution in [1.29, 1.82) is 0 Å². The van der Waals surface area contributed by atoms with E-state index in [-0.39, 0.29) is 17.5 Å². The molecule has 186 valence electrons. The number of pyridine rings is 1. The molecule has 0 N–H and O–H groups in total. The number of nitrogens with zero attached hydrogens (tertiary/aromatic N) is 3. The zero-order valence-corrected chi connectivity index (χ0v) is 20.6. The first-order chi connectivity index (χ1) is 17.1. The van der Waals surface area contributed by atoms with Crippen molar-refractivity contribution in [2.45, 2.75) is 44.8 Å². The standard InChI is InChI=1S/C28H34FN3O3/c1-3-23(34-2)19-35-24-7-8-25-20(16-24)10-15-32(28(25)33)21-6-9-27(26(29)17-21)31-14-11-22(18-31)30-12-4-5-13-30/h6-10,15-17,22-23H,3-5,11-14,18-19H2,1-2H3. The monoisotopic (exact) mass is 479 g/mol. The normalized spacial score (nSPS) is 19.5. The van der Waals surface area contributed by atoms with Gasteiger partial charge in [-0.3, -0.25) is 14.3 Å². The molecule has 0 bridgehead atoms. The fourth-order valence-electron chi connectivity index (χ4n) is 5.33. The van der Waals surface area contributed by atoms with Gasteiger partial charge in [0, 0.05) is 43.9 Å². The van der Waals surface area contributed by atoms with Crippen molar-refractivity contribution in [2.75, 3.05) is 44.8 Å². The number of likely N-dealkylation sites (tertiary alicyclic amines) is 1. The van der Waals surface area contributed by atoms with Gasteiger partial charge in [-0.25, -0.2) is 4.39 Å². The lowest BCUT2D eigenvalue weighted by Gasteiger charge is -2.25. The van der Waals surface area contributed by atoms with Crippen molar-refractivity contribution < 1.29 is 13.9 Å². The van der Waals surface area contributed by atoms with Gasteiger partial charge in [-0.15, -0.1) is 0 Å². The van der Waals surface area contributed by atoms with E-state index in [0.717, 1.165) is 44.4 Å². The van der Waals surface area contributed by atoms with E-state index in [9.17, 15) is 4.79 Å². The lowest BCUT2D eigenvalue weighted by Crippen LogP contribution is -2.35. The number of rotatable bonds is 8. The van der Waals surface area contributed by atoms with Crippen LogP contribution in [0.2, 0.25) is 0 Å². The topological polar surface area (TPSA) is 46.9 Å². The number of halogens is 1. The summed E-state index contributed by atoms with van der Waals surface area (Å²) in [5.74, 6) is 0.405. The highest BCUT2D eigenvalue weighted by molar-refractivity contribution is 5.83. The van der Waals surface area contributed by atoms with E-state index < -0.39 is 0 Å². The van der Waals surface area contributed by atoms with Crippen LogP contribution in [0.1, 0.15) is 32.6 Å². The summed E-state index contributed by atoms with van der Waals surface area (Å²) in [5.41, 5.74) is 0.965. The minimum absolute atomic E-state index is 0.0308. The molecule has 2 aromatic carbocycles. The second-order valence-electron chi connectivity index (χ2n) is 9.58. The maximum Gasteiger partial charge on any atom is 0.262 e. The van der Waals surface area contributed by atoms with Gasteiger partial charge in [-0.1, -0.05) is 6.92 Å². The Morgan fingerprint density at radius 3 is 2.66 bits per heavy atom. The van der Waals surface area contributed by atoms with Crippen LogP contribution in [0.15, 0.2) is 53.5 Å². The molecule has 0 aliphatic carbocycles. The van der Waals surface area contributed by atoms with Crippen molar-refractivity contribution in [3.8, 4) is 11.4 Å². The molecule has 35 heavy (non-hydrogen) atoms. The molecule has 0 radical (unpaired) electrons. The van der Waals surface area contributed by atoms with E-state index in [1.54, 1.807) is 25.4 Å². The highest BCUT2D eigenvalue weighted by atomic mass is 19.1. The molecule has 0 saturated carbocycles. The Morgan fingerprint density at radius 1 is 1.09 bits per heavy atom. The molecule has 0 amide bonds. The third-order valence-corrected chi connectivity index (χ3v) is 7.47. The molecule has 2 atom stereocenters. The Labute approximate surface area is 205 Å². The molecule has 2 aliphatic rings. The first-order valence-electron chi connectivity index (χ1n) is 12.7. The van der Waals surface area contributed by atoms with Crippen molar-refractivity contribution in [3.05, 3.63) is 64.8 Å². The smallest absolute Gasteiger partial charge is 0.262 e. The molecule has 1 aromatic heterocycles. The molecule has 2 saturated heterocycles. The number of hydrogen-bond donors (Lipinski definition) is 0. The predicted octanol–water partition coefficient (Wildman–Crippen LogP) is 4.61. The average Bonchev–Trinajstić information content (AvgIpc) is 3.57. The van der Waals surface area contributed by atoms with Gasteiger partial charge in [0.05, 0.1) is 17.5 Å². The number of benzene rings is 2. The van der Waals surface area contributed by atoms with Crippen LogP contribution in [0.25, 0.3) is 16.5 Å². The number of fused-ring (bicyclic) bond motifs is 1. The largest absolute Gasteiger partial charge is 0.491 e. The van der Waals surface area contributed by atoms with Gasteiger partial charge < -0.3 is 14.4 Å². The SMILES string of the molecule is CCC(COc1ccc2c(=O)n(-c3ccc(N4CCC(N5CCCC5)C4)c(F)c3)ccc2c1)OC. The van der Waals surface area contributed by atoms with Gasteiger partial charge in [-0.05, 0) is 80.6 Å². The van der Waals surface area contributed by atoms with E-state index in [4.69, 9.17) is 9.47 Å². The number of methoxy groups -OCH3 is 1. The second-order valence-corrected chi connectivity index (χ2v) is 9.58. The molecule has 6 nitrogen and oxygen atoms in total. The molecule has 2 fully saturated rings. The molecule has 0 spiro atoms. The maximum absolute atomic E-state index is 15.2. The Hall–Kier alpha value is -2.90. The molecule has 5 rings (SSSR count). The molecular formula is C28H34FN3O3. The summed E-state index contributed by atoms with van der Waals surface area (Å²) in [5, 5.41) is 1.35. The summed E-state index contributed by atoms with van der Waals surface area (Å²) in [6, 6.07) is 12.9. The van der Waals surface area contributed by atoms with Crippen molar-refractivity contribution >= 4 is 16.5 Å². The van der Waals surface area contributed by atoms with E-state index >= 15 is 4.39 Å². The van der Waals surface area contributed by atoms with Crippen LogP contribution < -0.4 is 15.2 Å². The fourth-order valence-corrected chi connectivity index (χ4v) is 5.33. The first-order valence-corrected chi connectivity index (χ1v) is 12.7. The van der Waals surface area contributed by atoms with Crippen molar-refractivity contribution in [1.82, 2.24) is 9.47 Å². The van der Waals surface area contributed by atoms with Crippen LogP contribution >= 0.6 is 0 Å². The van der Waals surface area contributed by atoms with Crippen LogP contribution in [0.3, 0.4) is 0 Å². The predicted molar refractivity (Wildman–Crippen MR) is 138 cm³/mol. The third-order valence-electron chi connectivity index (χ3n) is 7.47. The van der Waals surface area contributed by atoms with E-state index in [2.05, 4.69) is 9.80 Å². The molecule has 2 aliphatic heterocycles. The second kappa shape index (κ2) is 10.4. The summed E-state index contributed by atoms with van der Waals surface area (Å²) in [6.45, 7) is 6.54. The number of hydrogen-bond acceptors (Lipinski definition) is 5. The molecule has 7 heteroatoms. The zero-order valence-electron chi connectivity index (χ0n) is 20.6. The van der Waals surface area contributed by atoms with Gasteiger partial charge >= 0.3 is 0 Å². The fraction of sp³-hybridized carbons (Fsp3) is 0.464. The number of aromatic nitrogens is 1.